The fourth-order valence-corrected chi connectivity index (χ4v) is 4.13. The van der Waals surface area contributed by atoms with Crippen molar-refractivity contribution in [2.24, 2.45) is 17.3 Å². The standard InChI is InChI=1S/C12H21BO2/c1-5-13-14-10-7-8-6-9(11(8,2)3)12(10,4)15-13/h8-10H,5-7H2,1-4H3/t8?,9?,10-,12+/m1/s1. The van der Waals surface area contributed by atoms with Gasteiger partial charge in [0.1, 0.15) is 0 Å². The van der Waals surface area contributed by atoms with Gasteiger partial charge in [-0.15, -0.1) is 0 Å². The van der Waals surface area contributed by atoms with Gasteiger partial charge in [-0.05, 0) is 43.3 Å². The molecule has 0 aromatic carbocycles. The highest BCUT2D eigenvalue weighted by molar-refractivity contribution is 6.45. The van der Waals surface area contributed by atoms with Crippen molar-refractivity contribution < 1.29 is 9.31 Å². The van der Waals surface area contributed by atoms with Gasteiger partial charge in [0.05, 0.1) is 11.7 Å². The lowest BCUT2D eigenvalue weighted by Crippen LogP contribution is -2.65. The lowest BCUT2D eigenvalue weighted by Gasteiger charge is -2.64. The molecule has 2 unspecified atom stereocenters. The van der Waals surface area contributed by atoms with Crippen LogP contribution in [0.4, 0.5) is 0 Å². The van der Waals surface area contributed by atoms with E-state index < -0.39 is 0 Å². The Morgan fingerprint density at radius 2 is 2.00 bits per heavy atom. The summed E-state index contributed by atoms with van der Waals surface area (Å²) in [6.45, 7) is 9.21. The molecule has 0 amide bonds. The molecule has 3 saturated carbocycles. The smallest absolute Gasteiger partial charge is 0.405 e. The Bertz CT molecular complexity index is 291. The van der Waals surface area contributed by atoms with E-state index in [0.717, 1.165) is 12.2 Å². The van der Waals surface area contributed by atoms with E-state index in [1.54, 1.807) is 0 Å². The van der Waals surface area contributed by atoms with Gasteiger partial charge in [0.2, 0.25) is 0 Å². The van der Waals surface area contributed by atoms with Crippen molar-refractivity contribution in [1.29, 1.82) is 0 Å². The van der Waals surface area contributed by atoms with Crippen molar-refractivity contribution in [2.45, 2.75) is 58.6 Å². The van der Waals surface area contributed by atoms with Crippen LogP contribution in [0, 0.1) is 17.3 Å². The van der Waals surface area contributed by atoms with E-state index in [1.807, 2.05) is 0 Å². The van der Waals surface area contributed by atoms with Crippen molar-refractivity contribution in [3.05, 3.63) is 0 Å². The number of hydrogen-bond acceptors (Lipinski definition) is 2. The SMILES string of the molecule is CCB1O[C@@H]2CC3CC(C3(C)C)[C@]2(C)O1. The van der Waals surface area contributed by atoms with Crippen molar-refractivity contribution in [1.82, 2.24) is 0 Å². The van der Waals surface area contributed by atoms with Crippen molar-refractivity contribution in [2.75, 3.05) is 0 Å². The Hall–Kier alpha value is -0.0151. The molecular formula is C12H21BO2. The molecule has 1 heterocycles. The van der Waals surface area contributed by atoms with Crippen LogP contribution in [-0.4, -0.2) is 18.8 Å². The van der Waals surface area contributed by atoms with Crippen molar-refractivity contribution in [3.63, 3.8) is 0 Å². The Morgan fingerprint density at radius 3 is 2.60 bits per heavy atom. The first kappa shape index (κ1) is 10.2. The third kappa shape index (κ3) is 1.09. The fraction of sp³-hybridized carbons (Fsp3) is 1.00. The Balaban J connectivity index is 1.89. The van der Waals surface area contributed by atoms with Gasteiger partial charge < -0.3 is 9.31 Å². The predicted molar refractivity (Wildman–Crippen MR) is 60.6 cm³/mol. The van der Waals surface area contributed by atoms with Crippen LogP contribution in [0.1, 0.15) is 40.5 Å². The highest BCUT2D eigenvalue weighted by Gasteiger charge is 2.67. The van der Waals surface area contributed by atoms with Crippen LogP contribution in [0.25, 0.3) is 0 Å². The topological polar surface area (TPSA) is 18.5 Å². The zero-order valence-corrected chi connectivity index (χ0v) is 10.2. The Kier molecular flexibility index (Phi) is 1.90. The maximum Gasteiger partial charge on any atom is 0.457 e. The summed E-state index contributed by atoms with van der Waals surface area (Å²) in [5, 5.41) is 0. The van der Waals surface area contributed by atoms with Gasteiger partial charge in [-0.25, -0.2) is 0 Å². The van der Waals surface area contributed by atoms with Gasteiger partial charge >= 0.3 is 7.12 Å². The van der Waals surface area contributed by atoms with Crippen molar-refractivity contribution in [3.8, 4) is 0 Å². The molecule has 2 bridgehead atoms. The van der Waals surface area contributed by atoms with E-state index >= 15 is 0 Å². The summed E-state index contributed by atoms with van der Waals surface area (Å²) in [5.41, 5.74) is 0.468. The zero-order chi connectivity index (χ0) is 10.8. The molecule has 84 valence electrons. The molecule has 15 heavy (non-hydrogen) atoms. The van der Waals surface area contributed by atoms with E-state index in [0.29, 0.717) is 17.4 Å². The van der Waals surface area contributed by atoms with Crippen LogP contribution in [0.5, 0.6) is 0 Å². The van der Waals surface area contributed by atoms with Crippen LogP contribution in [0.15, 0.2) is 0 Å². The third-order valence-corrected chi connectivity index (χ3v) is 5.34. The highest BCUT2D eigenvalue weighted by Crippen LogP contribution is 2.65. The normalized spacial score (nSPS) is 51.2. The largest absolute Gasteiger partial charge is 0.457 e. The fourth-order valence-electron chi connectivity index (χ4n) is 4.13. The monoisotopic (exact) mass is 208 g/mol. The molecule has 1 aliphatic heterocycles. The predicted octanol–water partition coefficient (Wildman–Crippen LogP) is 2.73. The number of hydrogen-bond donors (Lipinski definition) is 0. The molecule has 2 nitrogen and oxygen atoms in total. The molecule has 0 aromatic heterocycles. The summed E-state index contributed by atoms with van der Waals surface area (Å²) < 4.78 is 12.2. The Labute approximate surface area is 92.9 Å². The minimum absolute atomic E-state index is 0.00106. The van der Waals surface area contributed by atoms with Gasteiger partial charge in [-0.2, -0.15) is 0 Å². The average Bonchev–Trinajstić information content (AvgIpc) is 2.53. The molecule has 3 heteroatoms. The second-order valence-electron chi connectivity index (χ2n) is 6.31. The first-order chi connectivity index (χ1) is 6.98. The second kappa shape index (κ2) is 2.81. The molecule has 4 fully saturated rings. The lowest BCUT2D eigenvalue weighted by atomic mass is 9.43. The molecule has 4 rings (SSSR count). The molecular weight excluding hydrogens is 187 g/mol. The van der Waals surface area contributed by atoms with Gasteiger partial charge in [-0.3, -0.25) is 0 Å². The van der Waals surface area contributed by atoms with Crippen LogP contribution in [0.2, 0.25) is 6.32 Å². The summed E-state index contributed by atoms with van der Waals surface area (Å²) >= 11 is 0. The molecule has 4 aliphatic rings. The molecule has 0 spiro atoms. The molecule has 0 aromatic rings. The first-order valence-corrected chi connectivity index (χ1v) is 6.31. The summed E-state index contributed by atoms with van der Waals surface area (Å²) in [7, 11) is 0.0511. The van der Waals surface area contributed by atoms with Crippen LogP contribution < -0.4 is 0 Å². The molecule has 0 radical (unpaired) electrons. The summed E-state index contributed by atoms with van der Waals surface area (Å²) in [6.07, 6.45) is 3.89. The average molecular weight is 208 g/mol. The minimum Gasteiger partial charge on any atom is -0.405 e. The molecule has 3 aliphatic carbocycles. The molecule has 1 saturated heterocycles. The highest BCUT2D eigenvalue weighted by atomic mass is 16.7. The molecule has 0 N–H and O–H groups in total. The number of rotatable bonds is 1. The van der Waals surface area contributed by atoms with Gasteiger partial charge in [0, 0.05) is 0 Å². The quantitative estimate of drug-likeness (QED) is 0.617. The zero-order valence-electron chi connectivity index (χ0n) is 10.2. The van der Waals surface area contributed by atoms with E-state index in [1.165, 1.54) is 12.8 Å². The lowest BCUT2D eigenvalue weighted by molar-refractivity contribution is -0.199. The molecule has 4 atom stereocenters. The minimum atomic E-state index is -0.00106. The Morgan fingerprint density at radius 1 is 1.27 bits per heavy atom. The summed E-state index contributed by atoms with van der Waals surface area (Å²) in [4.78, 5) is 0. The van der Waals surface area contributed by atoms with Crippen LogP contribution >= 0.6 is 0 Å². The van der Waals surface area contributed by atoms with E-state index in [9.17, 15) is 0 Å². The second-order valence-corrected chi connectivity index (χ2v) is 6.31. The summed E-state index contributed by atoms with van der Waals surface area (Å²) in [6, 6.07) is 0. The maximum absolute atomic E-state index is 6.17. The third-order valence-electron chi connectivity index (χ3n) is 5.34. The van der Waals surface area contributed by atoms with E-state index in [4.69, 9.17) is 9.31 Å². The summed E-state index contributed by atoms with van der Waals surface area (Å²) in [5.74, 6) is 1.56. The van der Waals surface area contributed by atoms with E-state index in [2.05, 4.69) is 27.7 Å². The van der Waals surface area contributed by atoms with E-state index in [-0.39, 0.29) is 12.7 Å². The maximum atomic E-state index is 6.17. The van der Waals surface area contributed by atoms with Gasteiger partial charge in [0.25, 0.3) is 0 Å². The van der Waals surface area contributed by atoms with Gasteiger partial charge in [0.15, 0.2) is 0 Å². The van der Waals surface area contributed by atoms with Crippen LogP contribution in [-0.2, 0) is 9.31 Å². The first-order valence-electron chi connectivity index (χ1n) is 6.31. The van der Waals surface area contributed by atoms with Crippen LogP contribution in [0.3, 0.4) is 0 Å². The van der Waals surface area contributed by atoms with Crippen molar-refractivity contribution >= 4 is 7.12 Å². The van der Waals surface area contributed by atoms with Gasteiger partial charge in [-0.1, -0.05) is 20.8 Å².